The molecule has 8 nitrogen and oxygen atoms in total. The van der Waals surface area contributed by atoms with E-state index in [4.69, 9.17) is 9.47 Å². The third kappa shape index (κ3) is 6.64. The van der Waals surface area contributed by atoms with Gasteiger partial charge in [-0.15, -0.1) is 0 Å². The van der Waals surface area contributed by atoms with Crippen molar-refractivity contribution in [2.45, 2.75) is 19.8 Å². The number of hydrogen-bond donors (Lipinski definition) is 3. The smallest absolute Gasteiger partial charge is 0.240 e. The number of carbonyl (C=O) groups excluding carboxylic acids is 2. The Labute approximate surface area is 163 Å². The van der Waals surface area contributed by atoms with Gasteiger partial charge in [0.2, 0.25) is 11.8 Å². The number of methoxy groups -OCH3 is 1. The summed E-state index contributed by atoms with van der Waals surface area (Å²) in [5.74, 6) is 0.380. The van der Waals surface area contributed by atoms with Gasteiger partial charge >= 0.3 is 0 Å². The average Bonchev–Trinajstić information content (AvgIpc) is 2.68. The van der Waals surface area contributed by atoms with Crippen LogP contribution in [0.2, 0.25) is 0 Å². The third-order valence-corrected chi connectivity index (χ3v) is 3.63. The standard InChI is InChI=1S/C20H23N3O5/c1-3-28-16-7-5-15(6-8-16)22-19(25)10-11-20(26)23-21-13-14-4-9-18(27-2)17(24)12-14/h4-9,12-13,24H,3,10-11H2,1-2H3,(H,22,25)(H,23,26). The number of amides is 2. The molecular weight excluding hydrogens is 362 g/mol. The molecule has 8 heteroatoms. The molecule has 0 aromatic heterocycles. The lowest BCUT2D eigenvalue weighted by atomic mass is 10.2. The summed E-state index contributed by atoms with van der Waals surface area (Å²) in [6.45, 7) is 2.47. The van der Waals surface area contributed by atoms with Gasteiger partial charge in [0.1, 0.15) is 5.75 Å². The second kappa shape index (κ2) is 10.6. The first-order valence-electron chi connectivity index (χ1n) is 8.73. The van der Waals surface area contributed by atoms with Crippen LogP contribution in [0.25, 0.3) is 0 Å². The van der Waals surface area contributed by atoms with E-state index in [0.717, 1.165) is 5.75 Å². The first-order chi connectivity index (χ1) is 13.5. The molecule has 0 saturated heterocycles. The molecule has 0 unspecified atom stereocenters. The van der Waals surface area contributed by atoms with Crippen LogP contribution >= 0.6 is 0 Å². The van der Waals surface area contributed by atoms with Gasteiger partial charge in [-0.2, -0.15) is 5.10 Å². The maximum Gasteiger partial charge on any atom is 0.240 e. The molecule has 28 heavy (non-hydrogen) atoms. The number of hydrogen-bond acceptors (Lipinski definition) is 6. The fraction of sp³-hybridized carbons (Fsp3) is 0.250. The van der Waals surface area contributed by atoms with Crippen LogP contribution in [-0.4, -0.2) is 36.9 Å². The first-order valence-corrected chi connectivity index (χ1v) is 8.73. The molecule has 0 bridgehead atoms. The predicted molar refractivity (Wildman–Crippen MR) is 106 cm³/mol. The number of anilines is 1. The third-order valence-electron chi connectivity index (χ3n) is 3.63. The van der Waals surface area contributed by atoms with Gasteiger partial charge in [0.25, 0.3) is 0 Å². The second-order valence-electron chi connectivity index (χ2n) is 5.73. The number of hydrazone groups is 1. The van der Waals surface area contributed by atoms with Gasteiger partial charge in [0.05, 0.1) is 19.9 Å². The van der Waals surface area contributed by atoms with Gasteiger partial charge in [-0.25, -0.2) is 5.43 Å². The van der Waals surface area contributed by atoms with Gasteiger partial charge in [-0.1, -0.05) is 0 Å². The van der Waals surface area contributed by atoms with Gasteiger partial charge in [-0.05, 0) is 55.0 Å². The van der Waals surface area contributed by atoms with E-state index in [1.807, 2.05) is 6.92 Å². The molecule has 148 valence electrons. The number of ether oxygens (including phenoxy) is 2. The minimum absolute atomic E-state index is 0.00589. The summed E-state index contributed by atoms with van der Waals surface area (Å²) in [6, 6.07) is 11.7. The van der Waals surface area contributed by atoms with Crippen LogP contribution in [-0.2, 0) is 9.59 Å². The van der Waals surface area contributed by atoms with E-state index in [2.05, 4.69) is 15.8 Å². The molecule has 0 heterocycles. The van der Waals surface area contributed by atoms with Crippen molar-refractivity contribution in [2.75, 3.05) is 19.0 Å². The molecule has 0 atom stereocenters. The molecule has 0 aliphatic rings. The van der Waals surface area contributed by atoms with Crippen molar-refractivity contribution in [3.63, 3.8) is 0 Å². The summed E-state index contributed by atoms with van der Waals surface area (Å²) in [5, 5.41) is 16.2. The van der Waals surface area contributed by atoms with Crippen LogP contribution < -0.4 is 20.2 Å². The molecule has 0 radical (unpaired) electrons. The van der Waals surface area contributed by atoms with Gasteiger partial charge in [0.15, 0.2) is 11.5 Å². The van der Waals surface area contributed by atoms with Crippen LogP contribution in [0.4, 0.5) is 5.69 Å². The highest BCUT2D eigenvalue weighted by Gasteiger charge is 2.07. The number of carbonyl (C=O) groups is 2. The van der Waals surface area contributed by atoms with E-state index in [9.17, 15) is 14.7 Å². The summed E-state index contributed by atoms with van der Waals surface area (Å²) in [7, 11) is 1.45. The summed E-state index contributed by atoms with van der Waals surface area (Å²) in [6.07, 6.45) is 1.41. The van der Waals surface area contributed by atoms with E-state index in [1.165, 1.54) is 19.4 Å². The largest absolute Gasteiger partial charge is 0.504 e. The molecule has 0 aliphatic carbocycles. The fourth-order valence-electron chi connectivity index (χ4n) is 2.27. The lowest BCUT2D eigenvalue weighted by Gasteiger charge is -2.07. The van der Waals surface area contributed by atoms with Crippen LogP contribution in [0, 0.1) is 0 Å². The Morgan fingerprint density at radius 3 is 2.46 bits per heavy atom. The van der Waals surface area contributed by atoms with Crippen molar-refractivity contribution in [1.29, 1.82) is 0 Å². The van der Waals surface area contributed by atoms with Gasteiger partial charge in [-0.3, -0.25) is 9.59 Å². The number of nitrogens with one attached hydrogen (secondary N) is 2. The Morgan fingerprint density at radius 1 is 1.11 bits per heavy atom. The van der Waals surface area contributed by atoms with Gasteiger partial charge in [0, 0.05) is 18.5 Å². The lowest BCUT2D eigenvalue weighted by Crippen LogP contribution is -2.20. The zero-order valence-electron chi connectivity index (χ0n) is 15.8. The normalized spacial score (nSPS) is 10.5. The number of aromatic hydroxyl groups is 1. The maximum atomic E-state index is 11.9. The molecular formula is C20H23N3O5. The molecule has 0 spiro atoms. The van der Waals surface area contributed by atoms with Crippen LogP contribution in [0.1, 0.15) is 25.3 Å². The monoisotopic (exact) mass is 385 g/mol. The number of phenolic OH excluding ortho intramolecular Hbond substituents is 1. The summed E-state index contributed by atoms with van der Waals surface area (Å²) in [5.41, 5.74) is 3.56. The average molecular weight is 385 g/mol. The van der Waals surface area contributed by atoms with Crippen LogP contribution in [0.5, 0.6) is 17.2 Å². The maximum absolute atomic E-state index is 11.9. The first kappa shape index (κ1) is 20.8. The summed E-state index contributed by atoms with van der Waals surface area (Å²) >= 11 is 0. The highest BCUT2D eigenvalue weighted by Crippen LogP contribution is 2.25. The number of rotatable bonds is 9. The van der Waals surface area contributed by atoms with Crippen molar-refractivity contribution in [2.24, 2.45) is 5.10 Å². The second-order valence-corrected chi connectivity index (χ2v) is 5.73. The van der Waals surface area contributed by atoms with Crippen LogP contribution in [0.3, 0.4) is 0 Å². The number of nitrogens with zero attached hydrogens (tertiary/aromatic N) is 1. The molecule has 0 fully saturated rings. The molecule has 0 saturated carbocycles. The van der Waals surface area contributed by atoms with E-state index < -0.39 is 5.91 Å². The zero-order chi connectivity index (χ0) is 20.4. The van der Waals surface area contributed by atoms with Crippen molar-refractivity contribution < 1.29 is 24.2 Å². The lowest BCUT2D eigenvalue weighted by molar-refractivity contribution is -0.124. The summed E-state index contributed by atoms with van der Waals surface area (Å²) in [4.78, 5) is 23.7. The highest BCUT2D eigenvalue weighted by molar-refractivity contribution is 5.93. The number of phenols is 1. The predicted octanol–water partition coefficient (Wildman–Crippen LogP) is 2.67. The Bertz CT molecular complexity index is 834. The van der Waals surface area contributed by atoms with E-state index in [0.29, 0.717) is 23.6 Å². The number of benzene rings is 2. The van der Waals surface area contributed by atoms with Crippen molar-refractivity contribution in [3.8, 4) is 17.2 Å². The molecule has 3 N–H and O–H groups in total. The Balaban J connectivity index is 1.74. The van der Waals surface area contributed by atoms with Crippen LogP contribution in [0.15, 0.2) is 47.6 Å². The molecule has 2 amide bonds. The summed E-state index contributed by atoms with van der Waals surface area (Å²) < 4.78 is 10.3. The van der Waals surface area contributed by atoms with Gasteiger partial charge < -0.3 is 19.9 Å². The zero-order valence-corrected chi connectivity index (χ0v) is 15.8. The SMILES string of the molecule is CCOc1ccc(NC(=O)CCC(=O)NN=Cc2ccc(OC)c(O)c2)cc1. The minimum Gasteiger partial charge on any atom is -0.504 e. The van der Waals surface area contributed by atoms with E-state index in [-0.39, 0.29) is 24.5 Å². The molecule has 0 aliphatic heterocycles. The Kier molecular flexibility index (Phi) is 7.83. The van der Waals surface area contributed by atoms with Crippen molar-refractivity contribution in [3.05, 3.63) is 48.0 Å². The van der Waals surface area contributed by atoms with Crippen molar-refractivity contribution >= 4 is 23.7 Å². The molecule has 2 aromatic carbocycles. The van der Waals surface area contributed by atoms with Crippen molar-refractivity contribution in [1.82, 2.24) is 5.43 Å². The van der Waals surface area contributed by atoms with E-state index >= 15 is 0 Å². The highest BCUT2D eigenvalue weighted by atomic mass is 16.5. The minimum atomic E-state index is -0.393. The van der Waals surface area contributed by atoms with E-state index in [1.54, 1.807) is 36.4 Å². The molecule has 2 aromatic rings. The topological polar surface area (TPSA) is 109 Å². The Hall–Kier alpha value is -3.55. The molecule has 2 rings (SSSR count). The quantitative estimate of drug-likeness (QED) is 0.454. The fourth-order valence-corrected chi connectivity index (χ4v) is 2.27. The Morgan fingerprint density at radius 2 is 1.82 bits per heavy atom.